The first-order valence-corrected chi connectivity index (χ1v) is 20.0. The molecule has 3 N–H and O–H groups in total. The Morgan fingerprint density at radius 1 is 0.755 bits per heavy atom. The number of ether oxygens (including phenoxy) is 4. The number of hydrogen-bond donors (Lipinski definition) is 3. The van der Waals surface area contributed by atoms with Gasteiger partial charge in [-0.2, -0.15) is 11.8 Å². The monoisotopic (exact) mass is 753 g/mol. The number of nitrogens with one attached hydrogen (secondary N) is 3. The summed E-state index contributed by atoms with van der Waals surface area (Å²) in [6.45, 7) is 6.37. The number of carbonyl (C=O) groups is 5. The summed E-state index contributed by atoms with van der Waals surface area (Å²) in [5, 5.41) is 9.26. The van der Waals surface area contributed by atoms with Gasteiger partial charge in [-0.1, -0.05) is 18.6 Å². The molecule has 0 aliphatic carbocycles. The van der Waals surface area contributed by atoms with Crippen molar-refractivity contribution in [1.82, 2.24) is 16.0 Å². The van der Waals surface area contributed by atoms with E-state index in [0.29, 0.717) is 93.8 Å². The van der Waals surface area contributed by atoms with Gasteiger partial charge in [-0.25, -0.2) is 4.79 Å². The van der Waals surface area contributed by atoms with Crippen molar-refractivity contribution in [2.45, 2.75) is 95.4 Å². The van der Waals surface area contributed by atoms with Crippen LogP contribution < -0.4 is 25.4 Å². The van der Waals surface area contributed by atoms with Gasteiger partial charge < -0.3 is 34.9 Å². The van der Waals surface area contributed by atoms with Crippen LogP contribution in [0.4, 0.5) is 4.79 Å². The Kier molecular flexibility index (Phi) is 18.1. The van der Waals surface area contributed by atoms with E-state index in [1.54, 1.807) is 30.3 Å². The molecule has 0 radical (unpaired) electrons. The lowest BCUT2D eigenvalue weighted by molar-refractivity contribution is -0.122. The lowest BCUT2D eigenvalue weighted by atomic mass is 9.99. The van der Waals surface area contributed by atoms with Crippen molar-refractivity contribution in [1.29, 1.82) is 0 Å². The summed E-state index contributed by atoms with van der Waals surface area (Å²) < 4.78 is 22.2. The highest BCUT2D eigenvalue weighted by Crippen LogP contribution is 2.33. The highest BCUT2D eigenvalue weighted by molar-refractivity contribution is 8.00. The average molecular weight is 754 g/mol. The number of carbonyl (C=O) groups excluding carboxylic acids is 5. The highest BCUT2D eigenvalue weighted by Gasteiger charge is 2.42. The molecule has 0 spiro atoms. The third-order valence-electron chi connectivity index (χ3n) is 9.10. The standard InChI is InChI=1S/C40H55N3O9S/c1-3-49-20-8-10-31(44)25-51-33-17-15-28(16-18-33)29-22-30(24-34(23-29)52-26-32(45)11-9-21-50-4-2)36(46)12-7-19-41-38(47)14-6-5-13-37-39-35(27-53-37)42-40(48)43-39/h15-18,22-24,35,37,39H,3-14,19-21,25-27H2,1-2H3,(H,41,47)(H2,42,43,48)/t35-,37-,39-/m0/s1. The van der Waals surface area contributed by atoms with E-state index in [9.17, 15) is 24.0 Å². The lowest BCUT2D eigenvalue weighted by Gasteiger charge is -2.16. The molecule has 2 heterocycles. The molecule has 0 aromatic heterocycles. The number of urea groups is 1. The number of benzene rings is 2. The van der Waals surface area contributed by atoms with Crippen molar-refractivity contribution >= 4 is 41.0 Å². The Balaban J connectivity index is 1.26. The van der Waals surface area contributed by atoms with Crippen LogP contribution >= 0.6 is 11.8 Å². The first kappa shape index (κ1) is 41.8. The molecule has 0 bridgehead atoms. The summed E-state index contributed by atoms with van der Waals surface area (Å²) in [5.74, 6) is 1.69. The Bertz CT molecular complexity index is 1500. The molecule has 2 aromatic rings. The fraction of sp³-hybridized carbons (Fsp3) is 0.575. The summed E-state index contributed by atoms with van der Waals surface area (Å²) in [6, 6.07) is 12.8. The van der Waals surface area contributed by atoms with E-state index in [2.05, 4.69) is 16.0 Å². The molecule has 2 fully saturated rings. The highest BCUT2D eigenvalue weighted by atomic mass is 32.2. The van der Waals surface area contributed by atoms with E-state index in [4.69, 9.17) is 18.9 Å². The number of unbranched alkanes of at least 4 members (excludes halogenated alkanes) is 1. The molecular weight excluding hydrogens is 699 g/mol. The molecule has 2 aliphatic rings. The number of thioether (sulfide) groups is 1. The zero-order valence-corrected chi connectivity index (χ0v) is 31.9. The SMILES string of the molecule is CCOCCCC(=O)COc1ccc(-c2cc(OCC(=O)CCCOCC)cc(C(=O)CCCNC(=O)CCCC[C@@H]3SC[C@@H]4NC(=O)N[C@@H]43)c2)cc1. The summed E-state index contributed by atoms with van der Waals surface area (Å²) in [6.07, 6.45) is 5.77. The van der Waals surface area contributed by atoms with E-state index < -0.39 is 0 Å². The Morgan fingerprint density at radius 3 is 2.11 bits per heavy atom. The summed E-state index contributed by atoms with van der Waals surface area (Å²) >= 11 is 1.87. The summed E-state index contributed by atoms with van der Waals surface area (Å²) in [7, 11) is 0. The lowest BCUT2D eigenvalue weighted by Crippen LogP contribution is -2.36. The number of ketones is 3. The molecule has 0 unspecified atom stereocenters. The number of hydrogen-bond acceptors (Lipinski definition) is 10. The number of Topliss-reactive ketones (excluding diaryl/α,β-unsaturated/α-hetero) is 3. The molecule has 3 atom stereocenters. The van der Waals surface area contributed by atoms with Crippen LogP contribution in [-0.4, -0.2) is 98.6 Å². The van der Waals surface area contributed by atoms with Crippen LogP contribution in [0.5, 0.6) is 11.5 Å². The average Bonchev–Trinajstić information content (AvgIpc) is 3.72. The van der Waals surface area contributed by atoms with Gasteiger partial charge in [0.15, 0.2) is 17.3 Å². The maximum absolute atomic E-state index is 13.4. The van der Waals surface area contributed by atoms with Gasteiger partial charge in [-0.3, -0.25) is 19.2 Å². The van der Waals surface area contributed by atoms with Gasteiger partial charge in [0.1, 0.15) is 24.7 Å². The topological polar surface area (TPSA) is 158 Å². The molecule has 0 saturated carbocycles. The zero-order valence-electron chi connectivity index (χ0n) is 31.1. The van der Waals surface area contributed by atoms with Gasteiger partial charge in [0.2, 0.25) is 5.91 Å². The largest absolute Gasteiger partial charge is 0.486 e. The van der Waals surface area contributed by atoms with Crippen molar-refractivity contribution in [2.75, 3.05) is 51.9 Å². The fourth-order valence-electron chi connectivity index (χ4n) is 6.24. The number of amides is 3. The van der Waals surface area contributed by atoms with Crippen molar-refractivity contribution in [3.05, 3.63) is 48.0 Å². The van der Waals surface area contributed by atoms with E-state index in [0.717, 1.165) is 36.1 Å². The molecule has 2 saturated heterocycles. The molecule has 2 aromatic carbocycles. The van der Waals surface area contributed by atoms with Crippen LogP contribution in [0.2, 0.25) is 0 Å². The van der Waals surface area contributed by atoms with Crippen LogP contribution in [0.15, 0.2) is 42.5 Å². The predicted molar refractivity (Wildman–Crippen MR) is 205 cm³/mol. The van der Waals surface area contributed by atoms with Gasteiger partial charge in [-0.05, 0) is 87.4 Å². The molecule has 2 aliphatic heterocycles. The third-order valence-corrected chi connectivity index (χ3v) is 10.6. The molecule has 290 valence electrons. The first-order valence-electron chi connectivity index (χ1n) is 18.9. The summed E-state index contributed by atoms with van der Waals surface area (Å²) in [5.41, 5.74) is 2.00. The predicted octanol–water partition coefficient (Wildman–Crippen LogP) is 5.69. The van der Waals surface area contributed by atoms with Gasteiger partial charge in [0.25, 0.3) is 0 Å². The van der Waals surface area contributed by atoms with Crippen LogP contribution in [0.1, 0.15) is 88.4 Å². The van der Waals surface area contributed by atoms with E-state index in [-0.39, 0.29) is 61.0 Å². The smallest absolute Gasteiger partial charge is 0.315 e. The normalized spacial score (nSPS) is 17.5. The van der Waals surface area contributed by atoms with Gasteiger partial charge in [0.05, 0.1) is 12.1 Å². The quantitative estimate of drug-likeness (QED) is 0.0589. The van der Waals surface area contributed by atoms with Gasteiger partial charge in [0, 0.05) is 75.2 Å². The second kappa shape index (κ2) is 23.0. The van der Waals surface area contributed by atoms with Gasteiger partial charge >= 0.3 is 6.03 Å². The Labute approximate surface area is 317 Å². The van der Waals surface area contributed by atoms with Crippen molar-refractivity contribution in [3.8, 4) is 22.6 Å². The van der Waals surface area contributed by atoms with Gasteiger partial charge in [-0.15, -0.1) is 0 Å². The second-order valence-electron chi connectivity index (χ2n) is 13.3. The third kappa shape index (κ3) is 14.8. The maximum Gasteiger partial charge on any atom is 0.315 e. The second-order valence-corrected chi connectivity index (χ2v) is 14.5. The minimum atomic E-state index is -0.116. The minimum Gasteiger partial charge on any atom is -0.486 e. The summed E-state index contributed by atoms with van der Waals surface area (Å²) in [4.78, 5) is 62.1. The Morgan fingerprint density at radius 2 is 1.43 bits per heavy atom. The number of fused-ring (bicyclic) bond motifs is 1. The molecule has 53 heavy (non-hydrogen) atoms. The van der Waals surface area contributed by atoms with Crippen molar-refractivity contribution in [2.24, 2.45) is 0 Å². The van der Waals surface area contributed by atoms with Crippen LogP contribution in [-0.2, 0) is 23.9 Å². The maximum atomic E-state index is 13.4. The van der Waals surface area contributed by atoms with Crippen LogP contribution in [0.25, 0.3) is 11.1 Å². The van der Waals surface area contributed by atoms with Crippen molar-refractivity contribution < 1.29 is 42.9 Å². The van der Waals surface area contributed by atoms with Crippen LogP contribution in [0.3, 0.4) is 0 Å². The molecule has 4 rings (SSSR count). The molecule has 3 amide bonds. The van der Waals surface area contributed by atoms with E-state index >= 15 is 0 Å². The van der Waals surface area contributed by atoms with E-state index in [1.165, 1.54) is 0 Å². The number of rotatable bonds is 27. The Hall–Kier alpha value is -3.94. The van der Waals surface area contributed by atoms with E-state index in [1.807, 2.05) is 37.7 Å². The van der Waals surface area contributed by atoms with Crippen LogP contribution in [0, 0.1) is 0 Å². The zero-order chi connectivity index (χ0) is 37.8. The fourth-order valence-corrected chi connectivity index (χ4v) is 7.78. The van der Waals surface area contributed by atoms with Crippen molar-refractivity contribution in [3.63, 3.8) is 0 Å². The molecule has 13 heteroatoms. The minimum absolute atomic E-state index is 0.000764. The first-order chi connectivity index (χ1) is 25.7. The molecule has 12 nitrogen and oxygen atoms in total. The molecular formula is C40H55N3O9S.